The molecular weight excluding hydrogens is 228 g/mol. The topological polar surface area (TPSA) is 67.2 Å². The fourth-order valence-electron chi connectivity index (χ4n) is 1.15. The summed E-state index contributed by atoms with van der Waals surface area (Å²) < 4.78 is 6.26. The zero-order valence-corrected chi connectivity index (χ0v) is 9.58. The molecule has 1 heterocycles. The van der Waals surface area contributed by atoms with E-state index >= 15 is 0 Å². The van der Waals surface area contributed by atoms with Crippen LogP contribution in [0.1, 0.15) is 12.0 Å². The molecule has 2 N–H and O–H groups in total. The van der Waals surface area contributed by atoms with Crippen LogP contribution in [0.15, 0.2) is 11.0 Å². The van der Waals surface area contributed by atoms with Gasteiger partial charge in [0.25, 0.3) is 0 Å². The van der Waals surface area contributed by atoms with Crippen molar-refractivity contribution in [1.29, 1.82) is 0 Å². The number of aryl methyl sites for hydroxylation is 1. The van der Waals surface area contributed by atoms with E-state index in [1.165, 1.54) is 17.9 Å². The molecule has 1 rings (SSSR count). The molecule has 86 valence electrons. The molecule has 1 aromatic rings. The Morgan fingerprint density at radius 3 is 3.06 bits per heavy atom. The molecule has 0 saturated heterocycles. The third-order valence-electron chi connectivity index (χ3n) is 2.06. The number of aliphatic hydroxyl groups is 1. The Bertz CT molecular complexity index is 512. The normalized spacial score (nSPS) is 12.1. The van der Waals surface area contributed by atoms with Crippen LogP contribution in [0.25, 0.3) is 0 Å². The van der Waals surface area contributed by atoms with E-state index in [0.29, 0.717) is 18.5 Å². The quantitative estimate of drug-likeness (QED) is 0.449. The summed E-state index contributed by atoms with van der Waals surface area (Å²) in [6.07, 6.45) is 6.11. The molecule has 0 aromatic carbocycles. The minimum Gasteiger partial charge on any atom is -0.368 e. The standard InChI is InChI=1S/C10H12N2O3S/c1-3-7-6-12(5-4-8(13)15-2)10(14)11-9(7)16/h1,6,8,13H,4-5H2,2H3,(H,11,14,16)/t8-/m0/s1. The van der Waals surface area contributed by atoms with Gasteiger partial charge in [0.1, 0.15) is 4.64 Å². The SMILES string of the molecule is C#Cc1cn(CC[C@@H](O)OC)c(=O)[nH]c1=S. The summed E-state index contributed by atoms with van der Waals surface area (Å²) >= 11 is 4.87. The predicted molar refractivity (Wildman–Crippen MR) is 61.5 cm³/mol. The Morgan fingerprint density at radius 1 is 1.81 bits per heavy atom. The van der Waals surface area contributed by atoms with Gasteiger partial charge in [-0.3, -0.25) is 9.55 Å². The van der Waals surface area contributed by atoms with Gasteiger partial charge in [0.2, 0.25) is 0 Å². The highest BCUT2D eigenvalue weighted by Gasteiger charge is 2.04. The molecule has 1 atom stereocenters. The number of aromatic nitrogens is 2. The third-order valence-corrected chi connectivity index (χ3v) is 2.38. The van der Waals surface area contributed by atoms with Gasteiger partial charge in [0.05, 0.1) is 5.56 Å². The van der Waals surface area contributed by atoms with Crippen LogP contribution in [0.4, 0.5) is 0 Å². The zero-order valence-electron chi connectivity index (χ0n) is 8.77. The van der Waals surface area contributed by atoms with Crippen molar-refractivity contribution in [2.75, 3.05) is 7.11 Å². The number of hydrogen-bond acceptors (Lipinski definition) is 4. The van der Waals surface area contributed by atoms with Gasteiger partial charge in [-0.05, 0) is 0 Å². The third kappa shape index (κ3) is 3.03. The highest BCUT2D eigenvalue weighted by Crippen LogP contribution is 1.98. The molecule has 0 saturated carbocycles. The molecule has 0 amide bonds. The first-order valence-corrected chi connectivity index (χ1v) is 5.00. The average molecular weight is 240 g/mol. The second kappa shape index (κ2) is 5.61. The molecule has 16 heavy (non-hydrogen) atoms. The van der Waals surface area contributed by atoms with Crippen molar-refractivity contribution in [2.24, 2.45) is 0 Å². The number of nitrogens with zero attached hydrogens (tertiary/aromatic N) is 1. The maximum Gasteiger partial charge on any atom is 0.326 e. The molecule has 5 nitrogen and oxygen atoms in total. The number of hydrogen-bond donors (Lipinski definition) is 2. The summed E-state index contributed by atoms with van der Waals surface area (Å²) in [5.74, 6) is 2.38. The molecule has 0 bridgehead atoms. The molecule has 0 fully saturated rings. The highest BCUT2D eigenvalue weighted by molar-refractivity contribution is 7.71. The summed E-state index contributed by atoms with van der Waals surface area (Å²) in [4.78, 5) is 13.9. The van der Waals surface area contributed by atoms with E-state index in [2.05, 4.69) is 15.6 Å². The molecule has 0 aliphatic rings. The first kappa shape index (κ1) is 12.6. The lowest BCUT2D eigenvalue weighted by molar-refractivity contribution is -0.0804. The predicted octanol–water partition coefficient (Wildman–Crippen LogP) is 0.242. The smallest absolute Gasteiger partial charge is 0.326 e. The van der Waals surface area contributed by atoms with Crippen LogP contribution in [0.3, 0.4) is 0 Å². The number of H-pyrrole nitrogens is 1. The Kier molecular flexibility index (Phi) is 4.43. The zero-order chi connectivity index (χ0) is 12.1. The molecule has 0 spiro atoms. The number of methoxy groups -OCH3 is 1. The second-order valence-electron chi connectivity index (χ2n) is 3.12. The molecule has 0 aliphatic heterocycles. The fourth-order valence-corrected chi connectivity index (χ4v) is 1.34. The van der Waals surface area contributed by atoms with Crippen molar-refractivity contribution < 1.29 is 9.84 Å². The lowest BCUT2D eigenvalue weighted by Gasteiger charge is -2.09. The number of terminal acetylenes is 1. The van der Waals surface area contributed by atoms with Crippen LogP contribution in [0.2, 0.25) is 0 Å². The number of rotatable bonds is 4. The van der Waals surface area contributed by atoms with Gasteiger partial charge in [-0.1, -0.05) is 18.1 Å². The molecular formula is C10H12N2O3S. The number of ether oxygens (including phenoxy) is 1. The van der Waals surface area contributed by atoms with Gasteiger partial charge in [-0.25, -0.2) is 4.79 Å². The van der Waals surface area contributed by atoms with E-state index in [4.69, 9.17) is 18.6 Å². The molecule has 6 heteroatoms. The summed E-state index contributed by atoms with van der Waals surface area (Å²) in [5, 5.41) is 9.18. The van der Waals surface area contributed by atoms with Crippen LogP contribution in [-0.4, -0.2) is 28.1 Å². The van der Waals surface area contributed by atoms with Gasteiger partial charge in [-0.2, -0.15) is 0 Å². The van der Waals surface area contributed by atoms with Gasteiger partial charge in [0, 0.05) is 26.3 Å². The number of aromatic amines is 1. The van der Waals surface area contributed by atoms with Crippen molar-refractivity contribution in [3.05, 3.63) is 26.9 Å². The van der Waals surface area contributed by atoms with Gasteiger partial charge >= 0.3 is 5.69 Å². The van der Waals surface area contributed by atoms with Crippen molar-refractivity contribution >= 4 is 12.2 Å². The van der Waals surface area contributed by atoms with Crippen LogP contribution < -0.4 is 5.69 Å². The lowest BCUT2D eigenvalue weighted by Crippen LogP contribution is -2.25. The van der Waals surface area contributed by atoms with E-state index < -0.39 is 6.29 Å². The van der Waals surface area contributed by atoms with Crippen molar-refractivity contribution in [3.8, 4) is 12.3 Å². The van der Waals surface area contributed by atoms with Crippen LogP contribution in [-0.2, 0) is 11.3 Å². The summed E-state index contributed by atoms with van der Waals surface area (Å²) in [6, 6.07) is 0. The summed E-state index contributed by atoms with van der Waals surface area (Å²) in [6.45, 7) is 0.300. The van der Waals surface area contributed by atoms with Gasteiger partial charge in [0.15, 0.2) is 6.29 Å². The molecule has 0 radical (unpaired) electrons. The number of aliphatic hydroxyl groups excluding tert-OH is 1. The maximum atomic E-state index is 11.5. The second-order valence-corrected chi connectivity index (χ2v) is 3.53. The lowest BCUT2D eigenvalue weighted by atomic mass is 10.3. The fraction of sp³-hybridized carbons (Fsp3) is 0.400. The van der Waals surface area contributed by atoms with E-state index in [1.807, 2.05) is 0 Å². The van der Waals surface area contributed by atoms with E-state index in [1.54, 1.807) is 0 Å². The van der Waals surface area contributed by atoms with Crippen molar-refractivity contribution in [1.82, 2.24) is 9.55 Å². The largest absolute Gasteiger partial charge is 0.368 e. The Balaban J connectivity index is 2.94. The molecule has 0 aliphatic carbocycles. The Morgan fingerprint density at radius 2 is 2.50 bits per heavy atom. The van der Waals surface area contributed by atoms with Crippen LogP contribution in [0, 0.1) is 17.0 Å². The van der Waals surface area contributed by atoms with Crippen molar-refractivity contribution in [3.63, 3.8) is 0 Å². The van der Waals surface area contributed by atoms with E-state index in [9.17, 15) is 9.90 Å². The monoisotopic (exact) mass is 240 g/mol. The summed E-state index contributed by atoms with van der Waals surface area (Å²) in [5.41, 5.74) is 0.0915. The van der Waals surface area contributed by atoms with E-state index in [-0.39, 0.29) is 10.3 Å². The summed E-state index contributed by atoms with van der Waals surface area (Å²) in [7, 11) is 1.39. The Labute approximate surface area is 97.7 Å². The molecule has 1 aromatic heterocycles. The highest BCUT2D eigenvalue weighted by atomic mass is 32.1. The minimum absolute atomic E-state index is 0.246. The van der Waals surface area contributed by atoms with Crippen LogP contribution >= 0.6 is 12.2 Å². The van der Waals surface area contributed by atoms with Crippen LogP contribution in [0.5, 0.6) is 0 Å². The van der Waals surface area contributed by atoms with Crippen molar-refractivity contribution in [2.45, 2.75) is 19.3 Å². The first-order valence-electron chi connectivity index (χ1n) is 4.59. The van der Waals surface area contributed by atoms with E-state index in [0.717, 1.165) is 0 Å². The first-order chi connectivity index (χ1) is 7.58. The van der Waals surface area contributed by atoms with Gasteiger partial charge in [-0.15, -0.1) is 6.42 Å². The molecule has 0 unspecified atom stereocenters. The number of nitrogens with one attached hydrogen (secondary N) is 1. The minimum atomic E-state index is -0.899. The Hall–Kier alpha value is -1.42. The average Bonchev–Trinajstić information content (AvgIpc) is 2.27. The maximum absolute atomic E-state index is 11.5. The van der Waals surface area contributed by atoms with Gasteiger partial charge < -0.3 is 9.84 Å².